The summed E-state index contributed by atoms with van der Waals surface area (Å²) in [5.74, 6) is 0.824. The molecule has 3 rings (SSSR count). The number of hydrogen-bond donors (Lipinski definition) is 0. The van der Waals surface area contributed by atoms with Crippen molar-refractivity contribution >= 4 is 10.0 Å². The van der Waals surface area contributed by atoms with Crippen LogP contribution in [0.2, 0.25) is 0 Å². The second-order valence-electron chi connectivity index (χ2n) is 5.33. The monoisotopic (exact) mass is 315 g/mol. The summed E-state index contributed by atoms with van der Waals surface area (Å²) in [5.41, 5.74) is 0. The van der Waals surface area contributed by atoms with Crippen LogP contribution in [0.4, 0.5) is 4.39 Å². The molecule has 1 aromatic carbocycles. The van der Waals surface area contributed by atoms with Gasteiger partial charge in [-0.1, -0.05) is 0 Å². The molecule has 0 N–H and O–H groups in total. The molecule has 1 atom stereocenters. The predicted molar refractivity (Wildman–Crippen MR) is 74.9 cm³/mol. The van der Waals surface area contributed by atoms with Crippen molar-refractivity contribution in [3.8, 4) is 11.5 Å². The minimum atomic E-state index is -3.60. The molecule has 0 bridgehead atoms. The number of alkyl halides is 1. The van der Waals surface area contributed by atoms with Gasteiger partial charge in [0, 0.05) is 31.5 Å². The van der Waals surface area contributed by atoms with Crippen molar-refractivity contribution in [1.29, 1.82) is 0 Å². The van der Waals surface area contributed by atoms with Crippen LogP contribution < -0.4 is 9.47 Å². The number of fused-ring (bicyclic) bond motifs is 1. The summed E-state index contributed by atoms with van der Waals surface area (Å²) in [6, 6.07) is 4.64. The molecule has 116 valence electrons. The first kappa shape index (κ1) is 14.6. The number of halogens is 1. The lowest BCUT2D eigenvalue weighted by atomic mass is 10.1. The molecule has 5 nitrogen and oxygen atoms in total. The van der Waals surface area contributed by atoms with Gasteiger partial charge in [0.25, 0.3) is 0 Å². The van der Waals surface area contributed by atoms with Crippen LogP contribution >= 0.6 is 0 Å². The van der Waals surface area contributed by atoms with Gasteiger partial charge in [-0.05, 0) is 18.6 Å². The molecular formula is C14H18FNO4S. The van der Waals surface area contributed by atoms with Crippen LogP contribution in [0.15, 0.2) is 23.1 Å². The molecular weight excluding hydrogens is 297 g/mol. The largest absolute Gasteiger partial charge is 0.490 e. The van der Waals surface area contributed by atoms with Crippen molar-refractivity contribution in [3.05, 3.63) is 18.2 Å². The number of nitrogens with zero attached hydrogens (tertiary/aromatic N) is 1. The Bertz CT molecular complexity index is 619. The number of hydrogen-bond acceptors (Lipinski definition) is 4. The molecule has 0 aliphatic carbocycles. The molecule has 0 aromatic heterocycles. The third-order valence-corrected chi connectivity index (χ3v) is 5.68. The minimum Gasteiger partial charge on any atom is -0.490 e. The highest BCUT2D eigenvalue weighted by Crippen LogP contribution is 2.34. The molecule has 1 fully saturated rings. The Morgan fingerprint density at radius 1 is 1.24 bits per heavy atom. The summed E-state index contributed by atoms with van der Waals surface area (Å²) < 4.78 is 50.2. The number of ether oxygens (including phenoxy) is 2. The summed E-state index contributed by atoms with van der Waals surface area (Å²) in [5, 5.41) is 0. The van der Waals surface area contributed by atoms with Gasteiger partial charge in [-0.2, -0.15) is 4.31 Å². The van der Waals surface area contributed by atoms with Gasteiger partial charge >= 0.3 is 0 Å². The lowest BCUT2D eigenvalue weighted by Gasteiger charge is -2.17. The molecule has 0 spiro atoms. The van der Waals surface area contributed by atoms with E-state index >= 15 is 0 Å². The van der Waals surface area contributed by atoms with Gasteiger partial charge in [0.05, 0.1) is 24.8 Å². The second-order valence-corrected chi connectivity index (χ2v) is 7.27. The Kier molecular flexibility index (Phi) is 4.03. The van der Waals surface area contributed by atoms with Gasteiger partial charge in [-0.3, -0.25) is 4.39 Å². The third kappa shape index (κ3) is 2.85. The molecule has 1 aromatic rings. The Morgan fingerprint density at radius 2 is 2.00 bits per heavy atom. The first-order valence-corrected chi connectivity index (χ1v) is 8.51. The van der Waals surface area contributed by atoms with Crippen LogP contribution in [0.1, 0.15) is 12.8 Å². The average molecular weight is 315 g/mol. The Hall–Kier alpha value is -1.34. The maximum Gasteiger partial charge on any atom is 0.243 e. The number of benzene rings is 1. The molecule has 1 saturated heterocycles. The molecule has 0 saturated carbocycles. The molecule has 7 heteroatoms. The van der Waals surface area contributed by atoms with Crippen LogP contribution in [0.25, 0.3) is 0 Å². The van der Waals surface area contributed by atoms with Gasteiger partial charge in [-0.25, -0.2) is 8.42 Å². The van der Waals surface area contributed by atoms with E-state index < -0.39 is 16.7 Å². The predicted octanol–water partition coefficient (Wildman–Crippen LogP) is 1.83. The topological polar surface area (TPSA) is 55.8 Å². The van der Waals surface area contributed by atoms with Crippen LogP contribution in [0, 0.1) is 5.92 Å². The van der Waals surface area contributed by atoms with E-state index in [1.165, 1.54) is 16.4 Å². The van der Waals surface area contributed by atoms with E-state index in [9.17, 15) is 12.8 Å². The first-order chi connectivity index (χ1) is 10.1. The Morgan fingerprint density at radius 3 is 2.71 bits per heavy atom. The fourth-order valence-corrected chi connectivity index (χ4v) is 4.14. The Balaban J connectivity index is 1.87. The van der Waals surface area contributed by atoms with Gasteiger partial charge in [0.15, 0.2) is 11.5 Å². The van der Waals surface area contributed by atoms with E-state index in [0.717, 1.165) is 6.42 Å². The van der Waals surface area contributed by atoms with Crippen molar-refractivity contribution in [3.63, 3.8) is 0 Å². The van der Waals surface area contributed by atoms with Crippen molar-refractivity contribution in [1.82, 2.24) is 4.31 Å². The SMILES string of the molecule is O=S(=O)(c1ccc2c(c1)OCCCO2)N1CCC(CF)C1. The molecule has 2 aliphatic rings. The highest BCUT2D eigenvalue weighted by Gasteiger charge is 2.33. The molecule has 0 amide bonds. The van der Waals surface area contributed by atoms with Crippen LogP contribution in [0.5, 0.6) is 11.5 Å². The fraction of sp³-hybridized carbons (Fsp3) is 0.571. The first-order valence-electron chi connectivity index (χ1n) is 7.07. The second kappa shape index (κ2) is 5.81. The average Bonchev–Trinajstić information content (AvgIpc) is 2.86. The zero-order valence-electron chi connectivity index (χ0n) is 11.6. The fourth-order valence-electron chi connectivity index (χ4n) is 2.59. The normalized spacial score (nSPS) is 23.0. The summed E-state index contributed by atoms with van der Waals surface area (Å²) in [6.07, 6.45) is 1.33. The molecule has 2 heterocycles. The maximum atomic E-state index is 12.7. The molecule has 2 aliphatic heterocycles. The summed E-state index contributed by atoms with van der Waals surface area (Å²) in [6.45, 7) is 1.19. The minimum absolute atomic E-state index is 0.172. The lowest BCUT2D eigenvalue weighted by molar-refractivity contribution is 0.296. The molecule has 1 unspecified atom stereocenters. The summed E-state index contributed by atoms with van der Waals surface area (Å²) >= 11 is 0. The standard InChI is InChI=1S/C14H18FNO4S/c15-9-11-4-5-16(10-11)21(17,18)12-2-3-13-14(8-12)20-7-1-6-19-13/h2-3,8,11H,1,4-7,9-10H2. The zero-order valence-corrected chi connectivity index (χ0v) is 12.4. The smallest absolute Gasteiger partial charge is 0.243 e. The van der Waals surface area contributed by atoms with Gasteiger partial charge in [0.2, 0.25) is 10.0 Å². The highest BCUT2D eigenvalue weighted by atomic mass is 32.2. The van der Waals surface area contributed by atoms with Crippen LogP contribution in [0.3, 0.4) is 0 Å². The van der Waals surface area contributed by atoms with E-state index in [-0.39, 0.29) is 17.4 Å². The van der Waals surface area contributed by atoms with Crippen LogP contribution in [-0.4, -0.2) is 45.7 Å². The van der Waals surface area contributed by atoms with E-state index in [0.29, 0.717) is 37.7 Å². The zero-order chi connectivity index (χ0) is 14.9. The quantitative estimate of drug-likeness (QED) is 0.854. The van der Waals surface area contributed by atoms with Crippen LogP contribution in [-0.2, 0) is 10.0 Å². The van der Waals surface area contributed by atoms with Gasteiger partial charge in [-0.15, -0.1) is 0 Å². The van der Waals surface area contributed by atoms with Crippen molar-refractivity contribution < 1.29 is 22.3 Å². The van der Waals surface area contributed by atoms with E-state index in [1.807, 2.05) is 0 Å². The lowest BCUT2D eigenvalue weighted by Crippen LogP contribution is -2.29. The molecule has 21 heavy (non-hydrogen) atoms. The van der Waals surface area contributed by atoms with Crippen molar-refractivity contribution in [2.45, 2.75) is 17.7 Å². The van der Waals surface area contributed by atoms with Gasteiger partial charge in [0.1, 0.15) is 0 Å². The van der Waals surface area contributed by atoms with E-state index in [1.54, 1.807) is 6.07 Å². The maximum absolute atomic E-state index is 12.7. The summed E-state index contributed by atoms with van der Waals surface area (Å²) in [4.78, 5) is 0.172. The van der Waals surface area contributed by atoms with Gasteiger partial charge < -0.3 is 9.47 Å². The van der Waals surface area contributed by atoms with E-state index in [2.05, 4.69) is 0 Å². The Labute approximate surface area is 123 Å². The third-order valence-electron chi connectivity index (χ3n) is 3.82. The summed E-state index contributed by atoms with van der Waals surface area (Å²) in [7, 11) is -3.60. The van der Waals surface area contributed by atoms with Crippen molar-refractivity contribution in [2.75, 3.05) is 33.0 Å². The number of sulfonamides is 1. The highest BCUT2D eigenvalue weighted by molar-refractivity contribution is 7.89. The number of rotatable bonds is 3. The van der Waals surface area contributed by atoms with E-state index in [4.69, 9.17) is 9.47 Å². The van der Waals surface area contributed by atoms with Crippen molar-refractivity contribution in [2.24, 2.45) is 5.92 Å². The molecule has 0 radical (unpaired) electrons.